The molecule has 1 heterocycles. The molecule has 0 fully saturated rings. The highest BCUT2D eigenvalue weighted by molar-refractivity contribution is 7.09. The van der Waals surface area contributed by atoms with Crippen molar-refractivity contribution in [2.24, 2.45) is 5.92 Å². The van der Waals surface area contributed by atoms with Crippen LogP contribution in [0.3, 0.4) is 0 Å². The minimum atomic E-state index is -0.0382. The summed E-state index contributed by atoms with van der Waals surface area (Å²) < 4.78 is 0. The van der Waals surface area contributed by atoms with Crippen molar-refractivity contribution in [1.29, 1.82) is 5.26 Å². The first kappa shape index (κ1) is 9.21. The van der Waals surface area contributed by atoms with Gasteiger partial charge in [0.15, 0.2) is 0 Å². The summed E-state index contributed by atoms with van der Waals surface area (Å²) in [7, 11) is 0. The van der Waals surface area contributed by atoms with E-state index in [4.69, 9.17) is 5.26 Å². The second kappa shape index (κ2) is 3.68. The van der Waals surface area contributed by atoms with Crippen molar-refractivity contribution in [1.82, 2.24) is 4.98 Å². The lowest BCUT2D eigenvalue weighted by molar-refractivity contribution is 0.584. The predicted molar refractivity (Wildman–Crippen MR) is 50.0 cm³/mol. The third-order valence-electron chi connectivity index (χ3n) is 1.71. The predicted octanol–water partition coefficient (Wildman–Crippen LogP) is 2.71. The average Bonchev–Trinajstić information content (AvgIpc) is 2.37. The molecule has 1 unspecified atom stereocenters. The van der Waals surface area contributed by atoms with Gasteiger partial charge in [-0.1, -0.05) is 13.8 Å². The number of nitriles is 1. The van der Waals surface area contributed by atoms with Crippen molar-refractivity contribution >= 4 is 11.3 Å². The van der Waals surface area contributed by atoms with E-state index in [2.05, 4.69) is 11.1 Å². The van der Waals surface area contributed by atoms with Gasteiger partial charge in [-0.05, 0) is 12.8 Å². The van der Waals surface area contributed by atoms with E-state index in [1.807, 2.05) is 26.2 Å². The van der Waals surface area contributed by atoms with E-state index < -0.39 is 0 Å². The molecule has 1 aromatic heterocycles. The Bertz CT molecular complexity index is 296. The van der Waals surface area contributed by atoms with Crippen LogP contribution in [0.15, 0.2) is 5.38 Å². The molecule has 0 aliphatic rings. The summed E-state index contributed by atoms with van der Waals surface area (Å²) in [5, 5.41) is 11.8. The number of rotatable bonds is 2. The number of aryl methyl sites for hydroxylation is 1. The normalized spacial score (nSPS) is 12.9. The third kappa shape index (κ3) is 1.83. The fourth-order valence-electron chi connectivity index (χ4n) is 1.00. The zero-order valence-electron chi connectivity index (χ0n) is 7.53. The number of aromatic nitrogens is 1. The molecule has 0 aliphatic carbocycles. The molecule has 0 bridgehead atoms. The van der Waals surface area contributed by atoms with Gasteiger partial charge in [0.1, 0.15) is 10.9 Å². The van der Waals surface area contributed by atoms with E-state index in [-0.39, 0.29) is 5.92 Å². The quantitative estimate of drug-likeness (QED) is 0.701. The lowest BCUT2D eigenvalue weighted by atomic mass is 9.98. The molecule has 0 amide bonds. The second-order valence-electron chi connectivity index (χ2n) is 3.18. The number of hydrogen-bond acceptors (Lipinski definition) is 3. The fourth-order valence-corrected chi connectivity index (χ4v) is 2.02. The molecule has 1 aromatic rings. The third-order valence-corrected chi connectivity index (χ3v) is 2.75. The molecule has 2 nitrogen and oxygen atoms in total. The molecule has 1 atom stereocenters. The summed E-state index contributed by atoms with van der Waals surface area (Å²) >= 11 is 1.58. The Morgan fingerprint density at radius 2 is 2.25 bits per heavy atom. The van der Waals surface area contributed by atoms with Crippen LogP contribution in [-0.2, 0) is 0 Å². The molecular formula is C9H12N2S. The zero-order valence-corrected chi connectivity index (χ0v) is 8.35. The first-order chi connectivity index (χ1) is 5.65. The highest BCUT2D eigenvalue weighted by atomic mass is 32.1. The molecule has 0 aliphatic heterocycles. The lowest BCUT2D eigenvalue weighted by Crippen LogP contribution is -2.03. The Labute approximate surface area is 76.9 Å². The van der Waals surface area contributed by atoms with Crippen LogP contribution in [0.25, 0.3) is 0 Å². The Hall–Kier alpha value is -0.880. The second-order valence-corrected chi connectivity index (χ2v) is 4.07. The molecular weight excluding hydrogens is 168 g/mol. The minimum absolute atomic E-state index is 0.0382. The molecule has 0 N–H and O–H groups in total. The van der Waals surface area contributed by atoms with E-state index >= 15 is 0 Å². The average molecular weight is 180 g/mol. The van der Waals surface area contributed by atoms with E-state index in [1.54, 1.807) is 11.3 Å². The minimum Gasteiger partial charge on any atom is -0.245 e. The van der Waals surface area contributed by atoms with Gasteiger partial charge >= 0.3 is 0 Å². The maximum Gasteiger partial charge on any atom is 0.110 e. The SMILES string of the molecule is Cc1csc(C(C#N)C(C)C)n1. The smallest absolute Gasteiger partial charge is 0.110 e. The van der Waals surface area contributed by atoms with Crippen LogP contribution in [0.4, 0.5) is 0 Å². The number of hydrogen-bond donors (Lipinski definition) is 0. The summed E-state index contributed by atoms with van der Waals surface area (Å²) in [5.74, 6) is 0.309. The van der Waals surface area contributed by atoms with Crippen LogP contribution < -0.4 is 0 Å². The van der Waals surface area contributed by atoms with Gasteiger partial charge in [-0.3, -0.25) is 0 Å². The van der Waals surface area contributed by atoms with Crippen molar-refractivity contribution < 1.29 is 0 Å². The largest absolute Gasteiger partial charge is 0.245 e. The molecule has 12 heavy (non-hydrogen) atoms. The zero-order chi connectivity index (χ0) is 9.14. The summed E-state index contributed by atoms with van der Waals surface area (Å²) in [6, 6.07) is 2.28. The van der Waals surface area contributed by atoms with E-state index in [0.29, 0.717) is 5.92 Å². The molecule has 1 rings (SSSR count). The topological polar surface area (TPSA) is 36.7 Å². The van der Waals surface area contributed by atoms with Gasteiger partial charge in [-0.2, -0.15) is 5.26 Å². The van der Waals surface area contributed by atoms with Crippen LogP contribution in [0.5, 0.6) is 0 Å². The van der Waals surface area contributed by atoms with E-state index in [9.17, 15) is 0 Å². The molecule has 0 saturated heterocycles. The van der Waals surface area contributed by atoms with Crippen LogP contribution in [0.1, 0.15) is 30.5 Å². The van der Waals surface area contributed by atoms with Crippen LogP contribution in [0.2, 0.25) is 0 Å². The highest BCUT2D eigenvalue weighted by Crippen LogP contribution is 2.26. The van der Waals surface area contributed by atoms with E-state index in [1.165, 1.54) is 0 Å². The van der Waals surface area contributed by atoms with Gasteiger partial charge in [0, 0.05) is 11.1 Å². The van der Waals surface area contributed by atoms with Crippen LogP contribution >= 0.6 is 11.3 Å². The van der Waals surface area contributed by atoms with Crippen molar-refractivity contribution in [3.8, 4) is 6.07 Å². The fraction of sp³-hybridized carbons (Fsp3) is 0.556. The standard InChI is InChI=1S/C9H12N2S/c1-6(2)8(4-10)9-11-7(3)5-12-9/h5-6,8H,1-3H3. The lowest BCUT2D eigenvalue weighted by Gasteiger charge is -2.08. The monoisotopic (exact) mass is 180 g/mol. The highest BCUT2D eigenvalue weighted by Gasteiger charge is 2.17. The molecule has 0 radical (unpaired) electrons. The summed E-state index contributed by atoms with van der Waals surface area (Å²) in [4.78, 5) is 4.30. The first-order valence-corrected chi connectivity index (χ1v) is 4.84. The van der Waals surface area contributed by atoms with Gasteiger partial charge in [-0.15, -0.1) is 11.3 Å². The van der Waals surface area contributed by atoms with E-state index in [0.717, 1.165) is 10.7 Å². The van der Waals surface area contributed by atoms with Crippen molar-refractivity contribution in [3.05, 3.63) is 16.1 Å². The van der Waals surface area contributed by atoms with Crippen molar-refractivity contribution in [3.63, 3.8) is 0 Å². The maximum absolute atomic E-state index is 8.88. The Kier molecular flexibility index (Phi) is 2.83. The summed E-state index contributed by atoms with van der Waals surface area (Å²) in [6.45, 7) is 6.05. The number of thiazole rings is 1. The van der Waals surface area contributed by atoms with Crippen molar-refractivity contribution in [2.45, 2.75) is 26.7 Å². The molecule has 3 heteroatoms. The van der Waals surface area contributed by atoms with Gasteiger partial charge < -0.3 is 0 Å². The van der Waals surface area contributed by atoms with Gasteiger partial charge in [0.25, 0.3) is 0 Å². The van der Waals surface area contributed by atoms with Crippen LogP contribution in [-0.4, -0.2) is 4.98 Å². The molecule has 0 saturated carbocycles. The Morgan fingerprint density at radius 3 is 2.58 bits per heavy atom. The number of nitrogens with zero attached hydrogens (tertiary/aromatic N) is 2. The first-order valence-electron chi connectivity index (χ1n) is 3.96. The Balaban J connectivity index is 2.89. The van der Waals surface area contributed by atoms with Gasteiger partial charge in [0.05, 0.1) is 6.07 Å². The van der Waals surface area contributed by atoms with Gasteiger partial charge in [-0.25, -0.2) is 4.98 Å². The molecule has 0 aromatic carbocycles. The van der Waals surface area contributed by atoms with Gasteiger partial charge in [0.2, 0.25) is 0 Å². The summed E-state index contributed by atoms with van der Waals surface area (Å²) in [6.07, 6.45) is 0. The maximum atomic E-state index is 8.88. The molecule has 64 valence electrons. The van der Waals surface area contributed by atoms with Crippen molar-refractivity contribution in [2.75, 3.05) is 0 Å². The Morgan fingerprint density at radius 1 is 1.58 bits per heavy atom. The molecule has 0 spiro atoms. The van der Waals surface area contributed by atoms with Crippen LogP contribution in [0, 0.1) is 24.2 Å². The summed E-state index contributed by atoms with van der Waals surface area (Å²) in [5.41, 5.74) is 1.01.